The molecule has 0 bridgehead atoms. The minimum atomic E-state index is -2.16. The molecular formula is C26H23ClNOP. The standard InChI is InChI=1S/C26H22NOP.ClH/c28-26(27-22-13-5-1-6-14-22)21-29(23-15-7-2-8-16-23,24-17-9-3-10-18-24)25-19-11-4-12-20-25;/h1-20H,21H2;1H/i26+2;. The zero-order chi connectivity index (χ0) is 19.9. The van der Waals surface area contributed by atoms with Crippen LogP contribution in [0.4, 0.5) is 5.69 Å². The third kappa shape index (κ3) is 4.62. The van der Waals surface area contributed by atoms with Gasteiger partial charge in [-0.05, 0) is 48.5 Å². The van der Waals surface area contributed by atoms with E-state index in [9.17, 15) is 4.79 Å². The number of rotatable bonds is 6. The van der Waals surface area contributed by atoms with Gasteiger partial charge >= 0.3 is 0 Å². The molecule has 0 aliphatic carbocycles. The number of benzene rings is 4. The van der Waals surface area contributed by atoms with Crippen LogP contribution in [0.25, 0.3) is 0 Å². The Hall–Kier alpha value is -2.93. The number of hydrogen-bond donors (Lipinski definition) is 1. The van der Waals surface area contributed by atoms with E-state index in [0.717, 1.165) is 5.69 Å². The zero-order valence-electron chi connectivity index (χ0n) is 16.5. The van der Waals surface area contributed by atoms with E-state index in [1.165, 1.54) is 15.9 Å². The van der Waals surface area contributed by atoms with E-state index in [0.29, 0.717) is 6.16 Å². The van der Waals surface area contributed by atoms with Gasteiger partial charge < -0.3 is 17.7 Å². The summed E-state index contributed by atoms with van der Waals surface area (Å²) in [5.74, 6) is 0.0288. The maximum atomic E-state index is 13.3. The highest BCUT2D eigenvalue weighted by molar-refractivity contribution is 7.96. The molecule has 4 rings (SSSR count). The van der Waals surface area contributed by atoms with Crippen LogP contribution in [-0.2, 0) is 4.79 Å². The van der Waals surface area contributed by atoms with Crippen LogP contribution in [0.3, 0.4) is 0 Å². The molecule has 30 heavy (non-hydrogen) atoms. The molecule has 0 aliphatic rings. The van der Waals surface area contributed by atoms with Crippen molar-refractivity contribution in [1.29, 1.82) is 0 Å². The Balaban J connectivity index is 0.00000256. The molecule has 0 saturated carbocycles. The molecule has 0 aliphatic heterocycles. The van der Waals surface area contributed by atoms with Crippen molar-refractivity contribution in [2.75, 3.05) is 11.5 Å². The Morgan fingerprint density at radius 2 is 0.900 bits per heavy atom. The van der Waals surface area contributed by atoms with Gasteiger partial charge in [-0.1, -0.05) is 72.8 Å². The van der Waals surface area contributed by atoms with Crippen LogP contribution in [0.2, 0.25) is 0 Å². The van der Waals surface area contributed by atoms with Crippen molar-refractivity contribution in [2.24, 2.45) is 0 Å². The van der Waals surface area contributed by atoms with Gasteiger partial charge in [0.05, 0.1) is 0 Å². The lowest BCUT2D eigenvalue weighted by Gasteiger charge is -2.27. The first-order valence-corrected chi connectivity index (χ1v) is 11.7. The molecule has 0 fully saturated rings. The third-order valence-electron chi connectivity index (χ3n) is 5.03. The summed E-state index contributed by atoms with van der Waals surface area (Å²) in [4.78, 5) is 13.3. The van der Waals surface area contributed by atoms with Gasteiger partial charge in [0.1, 0.15) is 23.2 Å². The number of amides is 1. The van der Waals surface area contributed by atoms with Crippen molar-refractivity contribution in [3.8, 4) is 0 Å². The first-order valence-electron chi connectivity index (χ1n) is 9.69. The van der Waals surface area contributed by atoms with E-state index >= 15 is 0 Å². The molecule has 4 heteroatoms. The fourth-order valence-electron chi connectivity index (χ4n) is 3.71. The fourth-order valence-corrected chi connectivity index (χ4v) is 7.70. The lowest BCUT2D eigenvalue weighted by atomic mass is 10.3. The van der Waals surface area contributed by atoms with Gasteiger partial charge in [0.2, 0.25) is 0 Å². The second-order valence-corrected chi connectivity index (χ2v) is 10.4. The molecule has 0 spiro atoms. The predicted octanol–water partition coefficient (Wildman–Crippen LogP) is 1.62. The van der Waals surface area contributed by atoms with Gasteiger partial charge in [0.25, 0.3) is 5.91 Å². The molecule has 0 atom stereocenters. The highest BCUT2D eigenvalue weighted by atomic mass is 35.5. The normalized spacial score (nSPS) is 10.7. The van der Waals surface area contributed by atoms with Gasteiger partial charge in [-0.15, -0.1) is 0 Å². The number of halogens is 1. The minimum absolute atomic E-state index is 0. The van der Waals surface area contributed by atoms with Crippen LogP contribution in [0.5, 0.6) is 0 Å². The Morgan fingerprint density at radius 1 is 0.567 bits per heavy atom. The molecule has 4 aromatic carbocycles. The SMILES string of the molecule is O=[14C](C[P+](c1ccccc1)(c1ccccc1)c1ccccc1)Nc1ccccc1.[Cl-]. The average Bonchev–Trinajstić information content (AvgIpc) is 2.80. The second-order valence-electron chi connectivity index (χ2n) is 6.89. The molecule has 2 nitrogen and oxygen atoms in total. The molecule has 0 aromatic heterocycles. The topological polar surface area (TPSA) is 29.1 Å². The summed E-state index contributed by atoms with van der Waals surface area (Å²) in [6.07, 6.45) is 0.417. The third-order valence-corrected chi connectivity index (χ3v) is 9.33. The smallest absolute Gasteiger partial charge is 0.263 e. The van der Waals surface area contributed by atoms with Crippen molar-refractivity contribution in [3.63, 3.8) is 0 Å². The first kappa shape index (κ1) is 21.8. The molecule has 4 aromatic rings. The van der Waals surface area contributed by atoms with Crippen LogP contribution < -0.4 is 33.6 Å². The van der Waals surface area contributed by atoms with Gasteiger partial charge in [-0.3, -0.25) is 4.79 Å². The average molecular weight is 434 g/mol. The van der Waals surface area contributed by atoms with Crippen LogP contribution in [0.1, 0.15) is 0 Å². The summed E-state index contributed by atoms with van der Waals surface area (Å²) < 4.78 is 0. The van der Waals surface area contributed by atoms with Crippen LogP contribution in [-0.4, -0.2) is 12.1 Å². The van der Waals surface area contributed by atoms with Gasteiger partial charge in [0.15, 0.2) is 6.16 Å². The lowest BCUT2D eigenvalue weighted by Crippen LogP contribution is -3.00. The zero-order valence-corrected chi connectivity index (χ0v) is 18.1. The maximum absolute atomic E-state index is 13.3. The Bertz CT molecular complexity index is 961. The molecule has 1 amide bonds. The number of nitrogens with one attached hydrogen (secondary N) is 1. The van der Waals surface area contributed by atoms with Crippen molar-refractivity contribution >= 4 is 34.8 Å². The molecule has 0 saturated heterocycles. The predicted molar refractivity (Wildman–Crippen MR) is 125 cm³/mol. The maximum Gasteiger partial charge on any atom is 0.263 e. The van der Waals surface area contributed by atoms with E-state index in [1.54, 1.807) is 0 Å². The van der Waals surface area contributed by atoms with Gasteiger partial charge in [-0.25, -0.2) is 0 Å². The first-order chi connectivity index (χ1) is 14.3. The quantitative estimate of drug-likeness (QED) is 0.460. The fraction of sp³-hybridized carbons (Fsp3) is 0.0385. The number of hydrogen-bond acceptors (Lipinski definition) is 1. The highest BCUT2D eigenvalue weighted by Crippen LogP contribution is 2.55. The van der Waals surface area contributed by atoms with E-state index < -0.39 is 7.26 Å². The molecule has 0 radical (unpaired) electrons. The highest BCUT2D eigenvalue weighted by Gasteiger charge is 2.47. The summed E-state index contributed by atoms with van der Waals surface area (Å²) in [5, 5.41) is 6.72. The Morgan fingerprint density at radius 3 is 1.27 bits per heavy atom. The van der Waals surface area contributed by atoms with Crippen LogP contribution >= 0.6 is 7.26 Å². The van der Waals surface area contributed by atoms with Crippen LogP contribution in [0.15, 0.2) is 121 Å². The summed E-state index contributed by atoms with van der Waals surface area (Å²) in [7, 11) is -2.16. The summed E-state index contributed by atoms with van der Waals surface area (Å²) in [6, 6.07) is 41.0. The van der Waals surface area contributed by atoms with E-state index in [4.69, 9.17) is 0 Å². The number of anilines is 1. The number of para-hydroxylation sites is 1. The molecular weight excluding hydrogens is 411 g/mol. The molecule has 0 heterocycles. The summed E-state index contributed by atoms with van der Waals surface area (Å²) in [6.45, 7) is 0. The Labute approximate surface area is 184 Å². The molecule has 1 N–H and O–H groups in total. The van der Waals surface area contributed by atoms with E-state index in [1.807, 2.05) is 48.5 Å². The lowest BCUT2D eigenvalue weighted by molar-refractivity contribution is -0.113. The van der Waals surface area contributed by atoms with E-state index in [-0.39, 0.29) is 18.3 Å². The Kier molecular flexibility index (Phi) is 7.41. The number of carbonyl (C=O) groups excluding carboxylic acids is 1. The van der Waals surface area contributed by atoms with Crippen LogP contribution in [0, 0.1) is 0 Å². The minimum Gasteiger partial charge on any atom is -1.00 e. The van der Waals surface area contributed by atoms with Crippen molar-refractivity contribution < 1.29 is 17.2 Å². The van der Waals surface area contributed by atoms with Crippen molar-refractivity contribution in [3.05, 3.63) is 121 Å². The summed E-state index contributed by atoms with van der Waals surface area (Å²) >= 11 is 0. The molecule has 0 unspecified atom stereocenters. The van der Waals surface area contributed by atoms with Crippen molar-refractivity contribution in [1.82, 2.24) is 0 Å². The van der Waals surface area contributed by atoms with Gasteiger partial charge in [0, 0.05) is 5.69 Å². The second kappa shape index (κ2) is 10.2. The molecule has 150 valence electrons. The monoisotopic (exact) mass is 433 g/mol. The largest absolute Gasteiger partial charge is 1.00 e. The van der Waals surface area contributed by atoms with E-state index in [2.05, 4.69) is 78.1 Å². The van der Waals surface area contributed by atoms with Crippen molar-refractivity contribution in [2.45, 2.75) is 0 Å². The van der Waals surface area contributed by atoms with Gasteiger partial charge in [-0.2, -0.15) is 0 Å². The number of carbonyl (C=O) groups is 1. The summed E-state index contributed by atoms with van der Waals surface area (Å²) in [5.41, 5.74) is 0.824.